The molecule has 3 aliphatic rings. The minimum atomic E-state index is -3.20. The van der Waals surface area contributed by atoms with Crippen molar-refractivity contribution >= 4 is 39.3 Å². The van der Waals surface area contributed by atoms with Crippen molar-refractivity contribution in [1.82, 2.24) is 9.21 Å². The predicted octanol–water partition coefficient (Wildman–Crippen LogP) is 5.43. The largest absolute Gasteiger partial charge is 0.343 e. The molecule has 1 aromatic carbocycles. The van der Waals surface area contributed by atoms with Gasteiger partial charge >= 0.3 is 0 Å². The molecular formula is C28H36ClN3O3S. The zero-order valence-electron chi connectivity index (χ0n) is 21.2. The number of aliphatic imine (C=N–C) groups is 1. The monoisotopic (exact) mass is 529 g/mol. The summed E-state index contributed by atoms with van der Waals surface area (Å²) < 4.78 is 25.8. The summed E-state index contributed by atoms with van der Waals surface area (Å²) in [6.07, 6.45) is 12.1. The van der Waals surface area contributed by atoms with Crippen molar-refractivity contribution in [1.29, 1.82) is 0 Å². The summed E-state index contributed by atoms with van der Waals surface area (Å²) in [6.45, 7) is 8.59. The van der Waals surface area contributed by atoms with Crippen LogP contribution in [0.2, 0.25) is 5.02 Å². The van der Waals surface area contributed by atoms with Crippen molar-refractivity contribution in [3.8, 4) is 0 Å². The molecule has 1 atom stereocenters. The molecular weight excluding hydrogens is 494 g/mol. The van der Waals surface area contributed by atoms with E-state index in [2.05, 4.69) is 24.8 Å². The van der Waals surface area contributed by atoms with Crippen LogP contribution in [0.1, 0.15) is 62.5 Å². The van der Waals surface area contributed by atoms with Crippen LogP contribution < -0.4 is 0 Å². The number of likely N-dealkylation sites (tertiary alicyclic amines) is 1. The smallest absolute Gasteiger partial charge is 0.222 e. The van der Waals surface area contributed by atoms with Crippen molar-refractivity contribution in [2.45, 2.75) is 51.4 Å². The summed E-state index contributed by atoms with van der Waals surface area (Å²) in [5, 5.41) is 0.684. The van der Waals surface area contributed by atoms with Crippen LogP contribution in [0.25, 0.3) is 6.08 Å². The number of hydrogen-bond acceptors (Lipinski definition) is 4. The number of nitrogens with zero attached hydrogens (tertiary/aromatic N) is 3. The topological polar surface area (TPSA) is 70.1 Å². The van der Waals surface area contributed by atoms with Gasteiger partial charge in [0.25, 0.3) is 0 Å². The summed E-state index contributed by atoms with van der Waals surface area (Å²) >= 11 is 6.45. The van der Waals surface area contributed by atoms with Gasteiger partial charge in [-0.15, -0.1) is 0 Å². The Morgan fingerprint density at radius 3 is 2.58 bits per heavy atom. The van der Waals surface area contributed by atoms with E-state index in [0.717, 1.165) is 62.0 Å². The molecule has 1 aliphatic carbocycles. The number of benzene rings is 1. The number of amides is 1. The molecule has 1 unspecified atom stereocenters. The van der Waals surface area contributed by atoms with Crippen molar-refractivity contribution in [3.05, 3.63) is 64.3 Å². The van der Waals surface area contributed by atoms with Gasteiger partial charge < -0.3 is 4.90 Å². The molecule has 4 rings (SSSR count). The molecule has 2 fully saturated rings. The van der Waals surface area contributed by atoms with Crippen molar-refractivity contribution in [2.24, 2.45) is 10.9 Å². The highest BCUT2D eigenvalue weighted by atomic mass is 35.5. The van der Waals surface area contributed by atoms with Gasteiger partial charge in [-0.2, -0.15) is 0 Å². The highest BCUT2D eigenvalue weighted by Gasteiger charge is 2.37. The Labute approximate surface area is 220 Å². The lowest BCUT2D eigenvalue weighted by Crippen LogP contribution is -2.40. The average molecular weight is 530 g/mol. The van der Waals surface area contributed by atoms with E-state index in [1.807, 2.05) is 24.0 Å². The third-order valence-electron chi connectivity index (χ3n) is 7.63. The molecule has 0 N–H and O–H groups in total. The standard InChI is InChI=1S/C28H36ClN3O3S/c1-4-24-21(8-6-14-31-15-7-9-26(31)33)18-22-19-23(29)10-11-25(22)27(28(24)30-5-2)20-12-16-32(17-13-20)36(3,34)35/h4-5,10-11,18-20,27H,2,6-9,12-17H2,1,3H3/b24-4-,30-28?. The number of sulfonamides is 1. The number of rotatable bonds is 7. The Balaban J connectivity index is 1.68. The van der Waals surface area contributed by atoms with Gasteiger partial charge in [0.2, 0.25) is 15.9 Å². The van der Waals surface area contributed by atoms with Crippen LogP contribution in [0.4, 0.5) is 0 Å². The first-order valence-electron chi connectivity index (χ1n) is 12.8. The van der Waals surface area contributed by atoms with E-state index in [0.29, 0.717) is 24.5 Å². The van der Waals surface area contributed by atoms with E-state index in [9.17, 15) is 13.2 Å². The minimum Gasteiger partial charge on any atom is -0.343 e. The molecule has 2 saturated heterocycles. The van der Waals surface area contributed by atoms with Gasteiger partial charge in [0, 0.05) is 49.7 Å². The Kier molecular flexibility index (Phi) is 8.53. The average Bonchev–Trinajstić information content (AvgIpc) is 3.19. The lowest BCUT2D eigenvalue weighted by molar-refractivity contribution is -0.127. The van der Waals surface area contributed by atoms with E-state index in [-0.39, 0.29) is 17.7 Å². The molecule has 0 bridgehead atoms. The van der Waals surface area contributed by atoms with Gasteiger partial charge in [0.1, 0.15) is 0 Å². The molecule has 1 amide bonds. The van der Waals surface area contributed by atoms with Crippen molar-refractivity contribution < 1.29 is 13.2 Å². The van der Waals surface area contributed by atoms with Gasteiger partial charge in [-0.05, 0) is 79.4 Å². The van der Waals surface area contributed by atoms with Gasteiger partial charge in [-0.1, -0.05) is 36.4 Å². The van der Waals surface area contributed by atoms with Crippen LogP contribution in [0.5, 0.6) is 0 Å². The van der Waals surface area contributed by atoms with Crippen LogP contribution in [0.3, 0.4) is 0 Å². The highest BCUT2D eigenvalue weighted by Crippen LogP contribution is 2.43. The Morgan fingerprint density at radius 1 is 1.22 bits per heavy atom. The van der Waals surface area contributed by atoms with E-state index >= 15 is 0 Å². The molecule has 0 spiro atoms. The van der Waals surface area contributed by atoms with Gasteiger partial charge in [-0.3, -0.25) is 9.79 Å². The molecule has 194 valence electrons. The molecule has 2 heterocycles. The Hall–Kier alpha value is -2.22. The first-order valence-corrected chi connectivity index (χ1v) is 15.0. The number of halogens is 1. The maximum Gasteiger partial charge on any atom is 0.222 e. The number of carbonyl (C=O) groups is 1. The van der Waals surface area contributed by atoms with Crippen LogP contribution in [0, 0.1) is 5.92 Å². The summed E-state index contributed by atoms with van der Waals surface area (Å²) in [5.74, 6) is 0.506. The number of fused-ring (bicyclic) bond motifs is 1. The number of carbonyl (C=O) groups excluding carboxylic acids is 1. The third-order valence-corrected chi connectivity index (χ3v) is 9.17. The SMILES string of the molecule is C=CN=C1/C(=C\C)C(CCCN2CCCC2=O)=Cc2cc(Cl)ccc2C1C1CCN(S(C)(=O)=O)CC1. The molecule has 0 radical (unpaired) electrons. The van der Waals surface area contributed by atoms with Crippen molar-refractivity contribution in [2.75, 3.05) is 32.4 Å². The zero-order valence-corrected chi connectivity index (χ0v) is 22.8. The van der Waals surface area contributed by atoms with Gasteiger partial charge in [0.15, 0.2) is 0 Å². The fourth-order valence-corrected chi connectivity index (χ4v) is 6.96. The zero-order chi connectivity index (χ0) is 25.9. The molecule has 2 aliphatic heterocycles. The summed E-state index contributed by atoms with van der Waals surface area (Å²) in [6, 6.07) is 6.04. The second kappa shape index (κ2) is 11.4. The van der Waals surface area contributed by atoms with Gasteiger partial charge in [-0.25, -0.2) is 12.7 Å². The van der Waals surface area contributed by atoms with Crippen LogP contribution in [0.15, 0.2) is 53.2 Å². The second-order valence-electron chi connectivity index (χ2n) is 9.91. The van der Waals surface area contributed by atoms with Crippen LogP contribution in [-0.2, 0) is 14.8 Å². The third kappa shape index (κ3) is 5.84. The quantitative estimate of drug-likeness (QED) is 0.473. The van der Waals surface area contributed by atoms with Crippen LogP contribution in [-0.4, -0.2) is 61.7 Å². The first-order chi connectivity index (χ1) is 17.2. The maximum absolute atomic E-state index is 12.1. The summed E-state index contributed by atoms with van der Waals surface area (Å²) in [5.41, 5.74) is 5.52. The van der Waals surface area contributed by atoms with E-state index < -0.39 is 10.0 Å². The van der Waals surface area contributed by atoms with E-state index in [1.54, 1.807) is 10.5 Å². The normalized spacial score (nSPS) is 24.2. The Morgan fingerprint density at radius 2 is 1.97 bits per heavy atom. The fourth-order valence-electron chi connectivity index (χ4n) is 5.91. The maximum atomic E-state index is 12.1. The number of allylic oxidation sites excluding steroid dienone is 3. The summed E-state index contributed by atoms with van der Waals surface area (Å²) in [7, 11) is -3.20. The number of piperidine rings is 1. The molecule has 8 heteroatoms. The second-order valence-corrected chi connectivity index (χ2v) is 12.3. The molecule has 0 aromatic heterocycles. The molecule has 1 aromatic rings. The van der Waals surface area contributed by atoms with Crippen LogP contribution >= 0.6 is 11.6 Å². The Bertz CT molecular complexity index is 1210. The predicted molar refractivity (Wildman–Crippen MR) is 148 cm³/mol. The summed E-state index contributed by atoms with van der Waals surface area (Å²) in [4.78, 5) is 18.9. The number of hydrogen-bond donors (Lipinski definition) is 0. The minimum absolute atomic E-state index is 0.0112. The molecule has 6 nitrogen and oxygen atoms in total. The highest BCUT2D eigenvalue weighted by molar-refractivity contribution is 7.88. The molecule has 0 saturated carbocycles. The molecule has 36 heavy (non-hydrogen) atoms. The van der Waals surface area contributed by atoms with Crippen molar-refractivity contribution in [3.63, 3.8) is 0 Å². The van der Waals surface area contributed by atoms with E-state index in [4.69, 9.17) is 16.6 Å². The van der Waals surface area contributed by atoms with E-state index in [1.165, 1.54) is 17.4 Å². The lowest BCUT2D eigenvalue weighted by atomic mass is 9.75. The lowest BCUT2D eigenvalue weighted by Gasteiger charge is -2.36. The van der Waals surface area contributed by atoms with Gasteiger partial charge in [0.05, 0.1) is 12.0 Å². The first kappa shape index (κ1) is 26.8. The fraction of sp³-hybridized carbons (Fsp3) is 0.500.